The van der Waals surface area contributed by atoms with Gasteiger partial charge in [-0.2, -0.15) is 5.01 Å². The van der Waals surface area contributed by atoms with E-state index in [1.807, 2.05) is 30.3 Å². The third-order valence-electron chi connectivity index (χ3n) is 4.17. The Morgan fingerprint density at radius 3 is 2.62 bits per heavy atom. The van der Waals surface area contributed by atoms with Gasteiger partial charge >= 0.3 is 6.03 Å². The van der Waals surface area contributed by atoms with E-state index in [9.17, 15) is 14.4 Å². The predicted octanol–water partition coefficient (Wildman–Crippen LogP) is 0.647. The van der Waals surface area contributed by atoms with Crippen LogP contribution in [0.3, 0.4) is 0 Å². The van der Waals surface area contributed by atoms with Crippen LogP contribution >= 0.6 is 0 Å². The molecule has 0 aliphatic carbocycles. The molecule has 1 aromatic carbocycles. The second-order valence-corrected chi connectivity index (χ2v) is 6.12. The number of amides is 4. The van der Waals surface area contributed by atoms with Gasteiger partial charge in [-0.3, -0.25) is 15.0 Å². The minimum absolute atomic E-state index is 0.0936. The number of nitrogens with two attached hydrogens (primary N) is 1. The van der Waals surface area contributed by atoms with Crippen molar-refractivity contribution >= 4 is 23.7 Å². The Morgan fingerprint density at radius 2 is 1.92 bits per heavy atom. The van der Waals surface area contributed by atoms with Gasteiger partial charge in [-0.05, 0) is 25.3 Å². The van der Waals surface area contributed by atoms with Gasteiger partial charge in [0.25, 0.3) is 11.8 Å². The quantitative estimate of drug-likeness (QED) is 0.676. The van der Waals surface area contributed by atoms with Crippen LogP contribution in [0.1, 0.15) is 29.4 Å². The first-order chi connectivity index (χ1) is 12.4. The molecule has 0 radical (unpaired) electrons. The fourth-order valence-corrected chi connectivity index (χ4v) is 2.67. The summed E-state index contributed by atoms with van der Waals surface area (Å²) in [7, 11) is 0. The molecule has 1 aromatic heterocycles. The van der Waals surface area contributed by atoms with Gasteiger partial charge in [-0.25, -0.2) is 14.8 Å². The summed E-state index contributed by atoms with van der Waals surface area (Å²) < 4.78 is 0. The molecule has 0 bridgehead atoms. The van der Waals surface area contributed by atoms with Gasteiger partial charge < -0.3 is 11.1 Å². The molecule has 9 heteroatoms. The molecule has 1 atom stereocenters. The number of nitrogens with zero attached hydrogens (tertiary/aromatic N) is 3. The fourth-order valence-electron chi connectivity index (χ4n) is 2.67. The summed E-state index contributed by atoms with van der Waals surface area (Å²) in [5.74, 6) is -1.43. The van der Waals surface area contributed by atoms with Gasteiger partial charge in [0.2, 0.25) is 0 Å². The predicted molar refractivity (Wildman–Crippen MR) is 92.5 cm³/mol. The lowest BCUT2D eigenvalue weighted by atomic mass is 9.93. The number of benzene rings is 1. The van der Waals surface area contributed by atoms with Gasteiger partial charge in [0.15, 0.2) is 11.5 Å². The van der Waals surface area contributed by atoms with Crippen molar-refractivity contribution in [2.45, 2.75) is 25.3 Å². The molecule has 0 spiro atoms. The van der Waals surface area contributed by atoms with Gasteiger partial charge in [-0.1, -0.05) is 30.3 Å². The summed E-state index contributed by atoms with van der Waals surface area (Å²) in [5, 5.41) is 3.28. The molecule has 1 aliphatic heterocycles. The van der Waals surface area contributed by atoms with E-state index in [1.54, 1.807) is 6.92 Å². The average Bonchev–Trinajstić information content (AvgIpc) is 2.85. The van der Waals surface area contributed by atoms with Crippen molar-refractivity contribution in [3.63, 3.8) is 0 Å². The van der Waals surface area contributed by atoms with Crippen molar-refractivity contribution in [3.05, 3.63) is 54.0 Å². The van der Waals surface area contributed by atoms with E-state index in [0.717, 1.165) is 5.56 Å². The zero-order chi connectivity index (χ0) is 18.7. The number of anilines is 1. The van der Waals surface area contributed by atoms with Crippen molar-refractivity contribution in [2.24, 2.45) is 0 Å². The number of urea groups is 1. The lowest BCUT2D eigenvalue weighted by Gasteiger charge is -2.21. The van der Waals surface area contributed by atoms with Gasteiger partial charge in [0, 0.05) is 12.4 Å². The van der Waals surface area contributed by atoms with E-state index in [2.05, 4.69) is 20.7 Å². The van der Waals surface area contributed by atoms with Gasteiger partial charge in [-0.15, -0.1) is 0 Å². The van der Waals surface area contributed by atoms with Crippen molar-refractivity contribution in [1.29, 1.82) is 0 Å². The lowest BCUT2D eigenvalue weighted by Crippen LogP contribution is -2.49. The SMILES string of the molecule is CC1(CCc2ccccc2)NC(=O)N(NC(=O)c2nccnc2N)C1=O. The van der Waals surface area contributed by atoms with E-state index in [0.29, 0.717) is 17.9 Å². The molecular weight excluding hydrogens is 336 g/mol. The molecule has 1 aliphatic rings. The van der Waals surface area contributed by atoms with Crippen LogP contribution in [0.4, 0.5) is 10.6 Å². The number of aromatic nitrogens is 2. The summed E-state index contributed by atoms with van der Waals surface area (Å²) in [4.78, 5) is 44.7. The number of carbonyl (C=O) groups is 3. The van der Waals surface area contributed by atoms with Gasteiger partial charge in [0.05, 0.1) is 0 Å². The number of carbonyl (C=O) groups excluding carboxylic acids is 3. The third kappa shape index (κ3) is 3.32. The summed E-state index contributed by atoms with van der Waals surface area (Å²) in [6.07, 6.45) is 3.62. The second kappa shape index (κ2) is 6.79. The van der Waals surface area contributed by atoms with Crippen molar-refractivity contribution in [1.82, 2.24) is 25.7 Å². The number of hydrogen-bond donors (Lipinski definition) is 3. The minimum Gasteiger partial charge on any atom is -0.382 e. The lowest BCUT2D eigenvalue weighted by molar-refractivity contribution is -0.132. The van der Waals surface area contributed by atoms with Crippen molar-refractivity contribution in [3.8, 4) is 0 Å². The van der Waals surface area contributed by atoms with Crippen LogP contribution in [0.15, 0.2) is 42.7 Å². The molecule has 26 heavy (non-hydrogen) atoms. The number of imide groups is 1. The van der Waals surface area contributed by atoms with Crippen LogP contribution in [0, 0.1) is 0 Å². The van der Waals surface area contributed by atoms with E-state index < -0.39 is 23.4 Å². The summed E-state index contributed by atoms with van der Waals surface area (Å²) >= 11 is 0. The van der Waals surface area contributed by atoms with E-state index in [4.69, 9.17) is 5.73 Å². The Morgan fingerprint density at radius 1 is 1.23 bits per heavy atom. The number of nitrogen functional groups attached to an aromatic ring is 1. The summed E-state index contributed by atoms with van der Waals surface area (Å²) in [6.45, 7) is 1.62. The average molecular weight is 354 g/mol. The van der Waals surface area contributed by atoms with Crippen LogP contribution in [-0.4, -0.2) is 38.4 Å². The summed E-state index contributed by atoms with van der Waals surface area (Å²) in [6, 6.07) is 8.90. The van der Waals surface area contributed by atoms with Crippen LogP contribution in [0.5, 0.6) is 0 Å². The van der Waals surface area contributed by atoms with E-state index in [-0.39, 0.29) is 11.5 Å². The Balaban J connectivity index is 1.70. The number of aryl methyl sites for hydroxylation is 1. The maximum atomic E-state index is 12.7. The highest BCUT2D eigenvalue weighted by molar-refractivity contribution is 6.09. The standard InChI is InChI=1S/C17H18N6O3/c1-17(8-7-11-5-3-2-4-6-11)15(25)23(16(26)21-17)22-14(24)12-13(18)20-10-9-19-12/h2-6,9-10H,7-8H2,1H3,(H2,18,20)(H,21,26)(H,22,24). The molecular formula is C17H18N6O3. The topological polar surface area (TPSA) is 130 Å². The first-order valence-electron chi connectivity index (χ1n) is 7.99. The molecule has 1 saturated heterocycles. The highest BCUT2D eigenvalue weighted by atomic mass is 16.2. The van der Waals surface area contributed by atoms with Crippen LogP contribution in [0.2, 0.25) is 0 Å². The molecule has 9 nitrogen and oxygen atoms in total. The highest BCUT2D eigenvalue weighted by Crippen LogP contribution is 2.22. The van der Waals surface area contributed by atoms with E-state index in [1.165, 1.54) is 12.4 Å². The maximum Gasteiger partial charge on any atom is 0.344 e. The van der Waals surface area contributed by atoms with Crippen LogP contribution in [-0.2, 0) is 11.2 Å². The highest BCUT2D eigenvalue weighted by Gasteiger charge is 2.48. The number of nitrogens with one attached hydrogen (secondary N) is 2. The molecule has 1 fully saturated rings. The maximum absolute atomic E-state index is 12.7. The molecule has 4 amide bonds. The molecule has 4 N–H and O–H groups in total. The first-order valence-corrected chi connectivity index (χ1v) is 7.99. The molecule has 2 heterocycles. The number of rotatable bonds is 5. The fraction of sp³-hybridized carbons (Fsp3) is 0.235. The Hall–Kier alpha value is -3.49. The zero-order valence-electron chi connectivity index (χ0n) is 14.1. The smallest absolute Gasteiger partial charge is 0.344 e. The Labute approximate surface area is 149 Å². The third-order valence-corrected chi connectivity index (χ3v) is 4.17. The summed E-state index contributed by atoms with van der Waals surface area (Å²) in [5.41, 5.74) is 7.60. The molecule has 2 aromatic rings. The van der Waals surface area contributed by atoms with E-state index >= 15 is 0 Å². The van der Waals surface area contributed by atoms with Crippen molar-refractivity contribution < 1.29 is 14.4 Å². The molecule has 3 rings (SSSR count). The molecule has 1 unspecified atom stereocenters. The largest absolute Gasteiger partial charge is 0.382 e. The Kier molecular flexibility index (Phi) is 4.53. The normalized spacial score (nSPS) is 19.3. The van der Waals surface area contributed by atoms with Crippen LogP contribution in [0.25, 0.3) is 0 Å². The van der Waals surface area contributed by atoms with Crippen molar-refractivity contribution in [2.75, 3.05) is 5.73 Å². The Bertz CT molecular complexity index is 857. The van der Waals surface area contributed by atoms with Crippen LogP contribution < -0.4 is 16.5 Å². The second-order valence-electron chi connectivity index (χ2n) is 6.12. The molecule has 134 valence electrons. The minimum atomic E-state index is -1.12. The first kappa shape index (κ1) is 17.3. The zero-order valence-corrected chi connectivity index (χ0v) is 14.1. The number of hydrogen-bond acceptors (Lipinski definition) is 6. The number of hydrazine groups is 1. The molecule has 0 saturated carbocycles. The van der Waals surface area contributed by atoms with Gasteiger partial charge in [0.1, 0.15) is 5.54 Å². The monoisotopic (exact) mass is 354 g/mol.